The molecule has 1 aliphatic rings. The van der Waals surface area contributed by atoms with Gasteiger partial charge in [0.1, 0.15) is 5.75 Å². The van der Waals surface area contributed by atoms with Crippen molar-refractivity contribution in [3.05, 3.63) is 65.7 Å². The zero-order chi connectivity index (χ0) is 20.8. The summed E-state index contributed by atoms with van der Waals surface area (Å²) in [6, 6.07) is 15.8. The number of aliphatic carboxylic acids is 1. The van der Waals surface area contributed by atoms with Crippen LogP contribution in [0.25, 0.3) is 0 Å². The topological polar surface area (TPSA) is 95.9 Å². The lowest BCUT2D eigenvalue weighted by Crippen LogP contribution is -2.36. The maximum absolute atomic E-state index is 12.7. The Labute approximate surface area is 169 Å². The van der Waals surface area contributed by atoms with Crippen LogP contribution in [0.2, 0.25) is 0 Å². The number of carbonyl (C=O) groups is 3. The number of hydrogen-bond acceptors (Lipinski definition) is 4. The summed E-state index contributed by atoms with van der Waals surface area (Å²) in [5, 5.41) is 12.0. The molecular weight excluding hydrogens is 372 g/mol. The van der Waals surface area contributed by atoms with E-state index in [9.17, 15) is 19.5 Å². The molecule has 7 nitrogen and oxygen atoms in total. The number of hydrogen-bond donors (Lipinski definition) is 2. The lowest BCUT2D eigenvalue weighted by molar-refractivity contribution is -0.138. The number of nitrogens with one attached hydrogen (secondary N) is 1. The van der Waals surface area contributed by atoms with Gasteiger partial charge >= 0.3 is 5.97 Å². The van der Waals surface area contributed by atoms with Crippen LogP contribution in [-0.4, -0.2) is 41.4 Å². The summed E-state index contributed by atoms with van der Waals surface area (Å²) in [4.78, 5) is 38.0. The molecular formula is C22H24N2O5. The van der Waals surface area contributed by atoms with Gasteiger partial charge in [0.05, 0.1) is 25.5 Å². The average molecular weight is 396 g/mol. The van der Waals surface area contributed by atoms with Crippen LogP contribution in [-0.2, 0) is 20.9 Å². The highest BCUT2D eigenvalue weighted by Crippen LogP contribution is 2.24. The lowest BCUT2D eigenvalue weighted by Gasteiger charge is -2.20. The van der Waals surface area contributed by atoms with Crippen molar-refractivity contribution in [2.45, 2.75) is 25.4 Å². The molecule has 2 aromatic carbocycles. The number of benzene rings is 2. The lowest BCUT2D eigenvalue weighted by atomic mass is 10.0. The standard InChI is InChI=1S/C22H24N2O5/c1-29-18-9-7-15(8-10-18)13-24-14-17(11-20(24)25)22(28)23-19(12-21(26)27)16-5-3-2-4-6-16/h2-10,17,19H,11-14H2,1H3,(H,23,28)(H,26,27). The minimum absolute atomic E-state index is 0.0875. The van der Waals surface area contributed by atoms with Crippen LogP contribution >= 0.6 is 0 Å². The Morgan fingerprint density at radius 3 is 2.48 bits per heavy atom. The predicted molar refractivity (Wildman–Crippen MR) is 106 cm³/mol. The van der Waals surface area contributed by atoms with Crippen molar-refractivity contribution in [2.24, 2.45) is 5.92 Å². The first kappa shape index (κ1) is 20.4. The van der Waals surface area contributed by atoms with Crippen LogP contribution in [0.4, 0.5) is 0 Å². The van der Waals surface area contributed by atoms with Crippen LogP contribution in [0.5, 0.6) is 5.75 Å². The second-order valence-electron chi connectivity index (χ2n) is 7.09. The normalized spacial score (nSPS) is 17.1. The van der Waals surface area contributed by atoms with Crippen LogP contribution in [0, 0.1) is 5.92 Å². The molecule has 2 unspecified atom stereocenters. The molecule has 0 saturated carbocycles. The number of nitrogens with zero attached hydrogens (tertiary/aromatic N) is 1. The SMILES string of the molecule is COc1ccc(CN2CC(C(=O)NC(CC(=O)O)c3ccccc3)CC2=O)cc1. The smallest absolute Gasteiger partial charge is 0.305 e. The quantitative estimate of drug-likeness (QED) is 0.714. The molecule has 1 fully saturated rings. The summed E-state index contributed by atoms with van der Waals surface area (Å²) >= 11 is 0. The van der Waals surface area contributed by atoms with E-state index in [1.807, 2.05) is 30.3 Å². The summed E-state index contributed by atoms with van der Waals surface area (Å²) in [6.45, 7) is 0.731. The van der Waals surface area contributed by atoms with Gasteiger partial charge in [-0.1, -0.05) is 42.5 Å². The third-order valence-corrected chi connectivity index (χ3v) is 5.01. The van der Waals surface area contributed by atoms with Crippen LogP contribution in [0.3, 0.4) is 0 Å². The fourth-order valence-electron chi connectivity index (χ4n) is 3.45. The predicted octanol–water partition coefficient (Wildman–Crippen LogP) is 2.38. The van der Waals surface area contributed by atoms with E-state index in [1.165, 1.54) is 0 Å². The molecule has 1 saturated heterocycles. The average Bonchev–Trinajstić information content (AvgIpc) is 3.09. The van der Waals surface area contributed by atoms with Gasteiger partial charge in [0.15, 0.2) is 0 Å². The number of methoxy groups -OCH3 is 1. The summed E-state index contributed by atoms with van der Waals surface area (Å²) in [5.41, 5.74) is 1.68. The van der Waals surface area contributed by atoms with E-state index in [4.69, 9.17) is 4.74 Å². The van der Waals surface area contributed by atoms with Gasteiger partial charge in [-0.25, -0.2) is 0 Å². The van der Waals surface area contributed by atoms with E-state index >= 15 is 0 Å². The van der Waals surface area contributed by atoms with Crippen molar-refractivity contribution < 1.29 is 24.2 Å². The van der Waals surface area contributed by atoms with Gasteiger partial charge in [0.2, 0.25) is 11.8 Å². The van der Waals surface area contributed by atoms with E-state index in [0.717, 1.165) is 16.9 Å². The molecule has 0 aromatic heterocycles. The highest BCUT2D eigenvalue weighted by Gasteiger charge is 2.35. The summed E-state index contributed by atoms with van der Waals surface area (Å²) < 4.78 is 5.13. The zero-order valence-corrected chi connectivity index (χ0v) is 16.2. The number of ether oxygens (including phenoxy) is 1. The van der Waals surface area contributed by atoms with Crippen molar-refractivity contribution >= 4 is 17.8 Å². The number of amides is 2. The second kappa shape index (κ2) is 9.23. The molecule has 2 aromatic rings. The van der Waals surface area contributed by atoms with Crippen molar-refractivity contribution in [3.63, 3.8) is 0 Å². The second-order valence-corrected chi connectivity index (χ2v) is 7.09. The zero-order valence-electron chi connectivity index (χ0n) is 16.2. The summed E-state index contributed by atoms with van der Waals surface area (Å²) in [6.07, 6.45) is -0.0947. The Morgan fingerprint density at radius 1 is 1.17 bits per heavy atom. The van der Waals surface area contributed by atoms with Crippen molar-refractivity contribution in [1.29, 1.82) is 0 Å². The molecule has 0 spiro atoms. The minimum atomic E-state index is -0.997. The number of carboxylic acids is 1. The Morgan fingerprint density at radius 2 is 1.86 bits per heavy atom. The maximum Gasteiger partial charge on any atom is 0.305 e. The van der Waals surface area contributed by atoms with Gasteiger partial charge in [-0.15, -0.1) is 0 Å². The molecule has 2 N–H and O–H groups in total. The molecule has 152 valence electrons. The number of carboxylic acid groups (broad SMARTS) is 1. The van der Waals surface area contributed by atoms with Crippen molar-refractivity contribution in [3.8, 4) is 5.75 Å². The fraction of sp³-hybridized carbons (Fsp3) is 0.318. The van der Waals surface area contributed by atoms with Gasteiger partial charge in [-0.3, -0.25) is 14.4 Å². The Bertz CT molecular complexity index is 867. The van der Waals surface area contributed by atoms with E-state index in [2.05, 4.69) is 5.32 Å². The first-order valence-corrected chi connectivity index (χ1v) is 9.44. The monoisotopic (exact) mass is 396 g/mol. The molecule has 2 atom stereocenters. The number of carbonyl (C=O) groups excluding carboxylic acids is 2. The van der Waals surface area contributed by atoms with Crippen LogP contribution in [0.15, 0.2) is 54.6 Å². The van der Waals surface area contributed by atoms with Crippen molar-refractivity contribution in [2.75, 3.05) is 13.7 Å². The van der Waals surface area contributed by atoms with Crippen molar-refractivity contribution in [1.82, 2.24) is 10.2 Å². The Hall–Kier alpha value is -3.35. The molecule has 0 bridgehead atoms. The third-order valence-electron chi connectivity index (χ3n) is 5.01. The Balaban J connectivity index is 1.63. The number of likely N-dealkylation sites (tertiary alicyclic amines) is 1. The largest absolute Gasteiger partial charge is 0.497 e. The van der Waals surface area contributed by atoms with Gasteiger partial charge in [0.25, 0.3) is 0 Å². The molecule has 0 aliphatic carbocycles. The Kier molecular flexibility index (Phi) is 6.49. The third kappa shape index (κ3) is 5.34. The van der Waals surface area contributed by atoms with E-state index in [-0.39, 0.29) is 24.7 Å². The summed E-state index contributed by atoms with van der Waals surface area (Å²) in [7, 11) is 1.59. The molecule has 1 aliphatic heterocycles. The molecule has 3 rings (SSSR count). The van der Waals surface area contributed by atoms with E-state index < -0.39 is 17.9 Å². The van der Waals surface area contributed by atoms with E-state index in [1.54, 1.807) is 36.3 Å². The van der Waals surface area contributed by atoms with Crippen LogP contribution in [0.1, 0.15) is 30.0 Å². The highest BCUT2D eigenvalue weighted by atomic mass is 16.5. The van der Waals surface area contributed by atoms with Gasteiger partial charge in [-0.05, 0) is 23.3 Å². The van der Waals surface area contributed by atoms with Gasteiger partial charge in [0, 0.05) is 19.5 Å². The molecule has 7 heteroatoms. The van der Waals surface area contributed by atoms with E-state index in [0.29, 0.717) is 13.1 Å². The highest BCUT2D eigenvalue weighted by molar-refractivity contribution is 5.89. The van der Waals surface area contributed by atoms with Gasteiger partial charge < -0.3 is 20.1 Å². The first-order valence-electron chi connectivity index (χ1n) is 9.44. The fourth-order valence-corrected chi connectivity index (χ4v) is 3.45. The molecule has 2 amide bonds. The minimum Gasteiger partial charge on any atom is -0.497 e. The van der Waals surface area contributed by atoms with Crippen LogP contribution < -0.4 is 10.1 Å². The maximum atomic E-state index is 12.7. The molecule has 0 radical (unpaired) electrons. The summed E-state index contributed by atoms with van der Waals surface area (Å²) in [5.74, 6) is -1.14. The molecule has 1 heterocycles. The van der Waals surface area contributed by atoms with Gasteiger partial charge in [-0.2, -0.15) is 0 Å². The first-order chi connectivity index (χ1) is 14.0. The number of rotatable bonds is 8. The molecule has 29 heavy (non-hydrogen) atoms.